The van der Waals surface area contributed by atoms with Crippen molar-refractivity contribution in [1.82, 2.24) is 15.5 Å². The average Bonchev–Trinajstić information content (AvgIpc) is 3.41. The normalized spacial score (nSPS) is 24.5. The van der Waals surface area contributed by atoms with E-state index >= 15 is 0 Å². The Hall–Kier alpha value is -1.74. The number of hydrogen-bond donors (Lipinski definition) is 1. The first-order valence-electron chi connectivity index (χ1n) is 9.49. The second kappa shape index (κ2) is 7.87. The van der Waals surface area contributed by atoms with E-state index in [1.165, 1.54) is 11.3 Å². The number of aromatic nitrogens is 2. The van der Waals surface area contributed by atoms with Crippen molar-refractivity contribution < 1.29 is 14.3 Å². The van der Waals surface area contributed by atoms with Crippen LogP contribution in [0.5, 0.6) is 0 Å². The molecule has 4 rings (SSSR count). The van der Waals surface area contributed by atoms with Gasteiger partial charge in [0.2, 0.25) is 22.1 Å². The molecule has 0 aliphatic carbocycles. The van der Waals surface area contributed by atoms with Crippen molar-refractivity contribution >= 4 is 33.4 Å². The van der Waals surface area contributed by atoms with Crippen LogP contribution in [0.25, 0.3) is 0 Å². The van der Waals surface area contributed by atoms with E-state index in [0.717, 1.165) is 63.5 Å². The molecule has 9 heteroatoms. The van der Waals surface area contributed by atoms with Crippen LogP contribution in [0.15, 0.2) is 0 Å². The molecule has 0 radical (unpaired) electrons. The molecule has 1 atom stereocenters. The van der Waals surface area contributed by atoms with Crippen LogP contribution in [0.2, 0.25) is 0 Å². The zero-order valence-corrected chi connectivity index (χ0v) is 15.7. The molecule has 3 aliphatic rings. The molecule has 0 unspecified atom stereocenters. The van der Waals surface area contributed by atoms with Crippen molar-refractivity contribution in [3.05, 3.63) is 0 Å². The first-order chi connectivity index (χ1) is 12.7. The van der Waals surface area contributed by atoms with Crippen molar-refractivity contribution in [3.63, 3.8) is 0 Å². The molecular formula is C17H25N5O3S. The second-order valence-electron chi connectivity index (χ2n) is 7.16. The van der Waals surface area contributed by atoms with Crippen LogP contribution in [0, 0.1) is 5.92 Å². The third-order valence-electron chi connectivity index (χ3n) is 5.37. The number of amides is 2. The highest BCUT2D eigenvalue weighted by Crippen LogP contribution is 2.32. The Kier molecular flexibility index (Phi) is 5.35. The van der Waals surface area contributed by atoms with Gasteiger partial charge in [0.1, 0.15) is 0 Å². The highest BCUT2D eigenvalue weighted by molar-refractivity contribution is 7.19. The largest absolute Gasteiger partial charge is 0.376 e. The zero-order chi connectivity index (χ0) is 17.9. The molecule has 0 aromatic carbocycles. The Morgan fingerprint density at radius 3 is 2.65 bits per heavy atom. The molecule has 8 nitrogen and oxygen atoms in total. The number of nitrogens with one attached hydrogen (secondary N) is 1. The molecule has 0 bridgehead atoms. The van der Waals surface area contributed by atoms with Gasteiger partial charge in [-0.05, 0) is 32.1 Å². The SMILES string of the molecule is O=C(NC[C@H]1CCCO1)C1CCN(c2nnc(N3CCCC3=O)s2)CC1. The molecule has 3 saturated heterocycles. The highest BCUT2D eigenvalue weighted by atomic mass is 32.1. The number of carbonyl (C=O) groups is 2. The molecule has 26 heavy (non-hydrogen) atoms. The predicted molar refractivity (Wildman–Crippen MR) is 98.4 cm³/mol. The summed E-state index contributed by atoms with van der Waals surface area (Å²) in [6.45, 7) is 3.76. The fraction of sp³-hybridized carbons (Fsp3) is 0.765. The Labute approximate surface area is 156 Å². The maximum Gasteiger partial charge on any atom is 0.228 e. The van der Waals surface area contributed by atoms with E-state index in [9.17, 15) is 9.59 Å². The lowest BCUT2D eigenvalue weighted by Gasteiger charge is -2.30. The van der Waals surface area contributed by atoms with Crippen LogP contribution in [-0.4, -0.2) is 60.9 Å². The van der Waals surface area contributed by atoms with Gasteiger partial charge < -0.3 is 15.0 Å². The summed E-state index contributed by atoms with van der Waals surface area (Å²) in [7, 11) is 0. The van der Waals surface area contributed by atoms with E-state index < -0.39 is 0 Å². The summed E-state index contributed by atoms with van der Waals surface area (Å²) < 4.78 is 5.55. The van der Waals surface area contributed by atoms with E-state index in [2.05, 4.69) is 20.4 Å². The monoisotopic (exact) mass is 379 g/mol. The quantitative estimate of drug-likeness (QED) is 0.827. The molecule has 1 N–H and O–H groups in total. The first kappa shape index (κ1) is 17.7. The summed E-state index contributed by atoms with van der Waals surface area (Å²) in [5.41, 5.74) is 0. The summed E-state index contributed by atoms with van der Waals surface area (Å²) in [4.78, 5) is 28.1. The number of ether oxygens (including phenoxy) is 1. The van der Waals surface area contributed by atoms with Crippen LogP contribution in [0.4, 0.5) is 10.3 Å². The maximum atomic E-state index is 12.4. The molecule has 0 saturated carbocycles. The Morgan fingerprint density at radius 1 is 1.15 bits per heavy atom. The third kappa shape index (κ3) is 3.83. The summed E-state index contributed by atoms with van der Waals surface area (Å²) in [6.07, 6.45) is 5.43. The topological polar surface area (TPSA) is 87.7 Å². The van der Waals surface area contributed by atoms with E-state index in [1.807, 2.05) is 0 Å². The minimum atomic E-state index is 0.0557. The minimum absolute atomic E-state index is 0.0557. The van der Waals surface area contributed by atoms with Crippen molar-refractivity contribution in [3.8, 4) is 0 Å². The van der Waals surface area contributed by atoms with E-state index in [4.69, 9.17) is 4.74 Å². The highest BCUT2D eigenvalue weighted by Gasteiger charge is 2.29. The smallest absolute Gasteiger partial charge is 0.228 e. The number of piperidine rings is 1. The molecule has 0 spiro atoms. The fourth-order valence-corrected chi connectivity index (χ4v) is 4.73. The fourth-order valence-electron chi connectivity index (χ4n) is 3.79. The molecule has 1 aromatic rings. The first-order valence-corrected chi connectivity index (χ1v) is 10.3. The van der Waals surface area contributed by atoms with Gasteiger partial charge in [0.25, 0.3) is 0 Å². The van der Waals surface area contributed by atoms with Crippen molar-refractivity contribution in [2.75, 3.05) is 42.6 Å². The molecular weight excluding hydrogens is 354 g/mol. The molecule has 2 amide bonds. The number of rotatable bonds is 5. The van der Waals surface area contributed by atoms with Crippen LogP contribution in [0.3, 0.4) is 0 Å². The van der Waals surface area contributed by atoms with Gasteiger partial charge in [-0.1, -0.05) is 11.3 Å². The van der Waals surface area contributed by atoms with Gasteiger partial charge in [-0.2, -0.15) is 0 Å². The van der Waals surface area contributed by atoms with Gasteiger partial charge in [-0.15, -0.1) is 10.2 Å². The van der Waals surface area contributed by atoms with Gasteiger partial charge in [0.05, 0.1) is 6.10 Å². The number of carbonyl (C=O) groups excluding carboxylic acids is 2. The summed E-state index contributed by atoms with van der Waals surface area (Å²) in [6, 6.07) is 0. The number of nitrogens with zero attached hydrogens (tertiary/aromatic N) is 4. The third-order valence-corrected chi connectivity index (χ3v) is 6.38. The van der Waals surface area contributed by atoms with E-state index in [1.54, 1.807) is 4.90 Å². The van der Waals surface area contributed by atoms with Crippen molar-refractivity contribution in [2.24, 2.45) is 5.92 Å². The number of hydrogen-bond acceptors (Lipinski definition) is 7. The lowest BCUT2D eigenvalue weighted by atomic mass is 9.96. The Bertz CT molecular complexity index is 653. The molecule has 3 aliphatic heterocycles. The molecule has 142 valence electrons. The summed E-state index contributed by atoms with van der Waals surface area (Å²) in [5, 5.41) is 13.0. The van der Waals surface area contributed by atoms with Crippen LogP contribution >= 0.6 is 11.3 Å². The maximum absolute atomic E-state index is 12.4. The zero-order valence-electron chi connectivity index (χ0n) is 14.9. The van der Waals surface area contributed by atoms with Crippen LogP contribution in [-0.2, 0) is 14.3 Å². The Morgan fingerprint density at radius 2 is 1.96 bits per heavy atom. The van der Waals surface area contributed by atoms with Gasteiger partial charge in [0.15, 0.2) is 0 Å². The summed E-state index contributed by atoms with van der Waals surface area (Å²) >= 11 is 1.47. The number of anilines is 2. The lowest BCUT2D eigenvalue weighted by molar-refractivity contribution is -0.126. The lowest BCUT2D eigenvalue weighted by Crippen LogP contribution is -2.42. The van der Waals surface area contributed by atoms with Crippen LogP contribution < -0.4 is 15.1 Å². The molecule has 1 aromatic heterocycles. The average molecular weight is 379 g/mol. The minimum Gasteiger partial charge on any atom is -0.376 e. The Balaban J connectivity index is 1.26. The second-order valence-corrected chi connectivity index (χ2v) is 8.09. The van der Waals surface area contributed by atoms with Gasteiger partial charge in [-0.25, -0.2) is 0 Å². The van der Waals surface area contributed by atoms with Crippen molar-refractivity contribution in [1.29, 1.82) is 0 Å². The summed E-state index contributed by atoms with van der Waals surface area (Å²) in [5.74, 6) is 0.329. The molecule has 3 fully saturated rings. The van der Waals surface area contributed by atoms with Crippen molar-refractivity contribution in [2.45, 2.75) is 44.6 Å². The predicted octanol–water partition coefficient (Wildman–Crippen LogP) is 1.18. The van der Waals surface area contributed by atoms with E-state index in [-0.39, 0.29) is 23.8 Å². The van der Waals surface area contributed by atoms with Gasteiger partial charge in [0, 0.05) is 45.1 Å². The van der Waals surface area contributed by atoms with E-state index in [0.29, 0.717) is 18.1 Å². The van der Waals surface area contributed by atoms with Gasteiger partial charge in [-0.3, -0.25) is 14.5 Å². The molecule has 4 heterocycles. The standard InChI is InChI=1S/C17H25N5O3S/c23-14-4-1-7-22(14)17-20-19-16(26-17)21-8-5-12(6-9-21)15(24)18-11-13-3-2-10-25-13/h12-13H,1-11H2,(H,18,24)/t13-/m1/s1. The van der Waals surface area contributed by atoms with Crippen LogP contribution in [0.1, 0.15) is 38.5 Å². The van der Waals surface area contributed by atoms with Gasteiger partial charge >= 0.3 is 0 Å².